The van der Waals surface area contributed by atoms with E-state index in [9.17, 15) is 4.79 Å². The summed E-state index contributed by atoms with van der Waals surface area (Å²) in [7, 11) is 3.14. The van der Waals surface area contributed by atoms with Crippen molar-refractivity contribution in [2.24, 2.45) is 0 Å². The summed E-state index contributed by atoms with van der Waals surface area (Å²) in [6.07, 6.45) is 0. The molecule has 1 aromatic carbocycles. The zero-order valence-electron chi connectivity index (χ0n) is 10.1. The molecule has 1 N–H and O–H groups in total. The molecule has 0 heterocycles. The Bertz CT molecular complexity index is 395. The summed E-state index contributed by atoms with van der Waals surface area (Å²) in [6, 6.07) is 5.44. The molecule has 0 spiro atoms. The average molecular weight is 258 g/mol. The van der Waals surface area contributed by atoms with Gasteiger partial charge in [-0.3, -0.25) is 4.79 Å². The minimum Gasteiger partial charge on any atom is -0.493 e. The number of alkyl halides is 1. The molecule has 1 aromatic rings. The highest BCUT2D eigenvalue weighted by Gasteiger charge is 2.12. The van der Waals surface area contributed by atoms with Crippen LogP contribution in [0.3, 0.4) is 0 Å². The largest absolute Gasteiger partial charge is 0.493 e. The molecule has 0 aliphatic carbocycles. The summed E-state index contributed by atoms with van der Waals surface area (Å²) in [5.74, 6) is 1.18. The first-order valence-electron chi connectivity index (χ1n) is 5.19. The van der Waals surface area contributed by atoms with Gasteiger partial charge < -0.3 is 14.8 Å². The van der Waals surface area contributed by atoms with Crippen LogP contribution in [0.15, 0.2) is 18.2 Å². The van der Waals surface area contributed by atoms with E-state index < -0.39 is 0 Å². The molecular weight excluding hydrogens is 242 g/mol. The Balaban J connectivity index is 2.80. The molecule has 1 amide bonds. The van der Waals surface area contributed by atoms with Crippen molar-refractivity contribution in [2.75, 3.05) is 20.8 Å². The summed E-state index contributed by atoms with van der Waals surface area (Å²) in [6.45, 7) is 1.84. The molecule has 0 fully saturated rings. The highest BCUT2D eigenvalue weighted by Crippen LogP contribution is 2.31. The van der Waals surface area contributed by atoms with Gasteiger partial charge in [-0.25, -0.2) is 0 Å². The van der Waals surface area contributed by atoms with Gasteiger partial charge in [0.15, 0.2) is 11.5 Å². The van der Waals surface area contributed by atoms with Crippen LogP contribution < -0.4 is 14.8 Å². The smallest absolute Gasteiger partial charge is 0.216 e. The van der Waals surface area contributed by atoms with Crippen molar-refractivity contribution in [2.45, 2.75) is 12.3 Å². The number of hydrogen-bond donors (Lipinski definition) is 1. The van der Waals surface area contributed by atoms with Gasteiger partial charge in [-0.15, -0.1) is 11.6 Å². The predicted octanol–water partition coefficient (Wildman–Crippen LogP) is 2.12. The zero-order valence-corrected chi connectivity index (χ0v) is 10.9. The second kappa shape index (κ2) is 6.35. The number of ether oxygens (including phenoxy) is 2. The average Bonchev–Trinajstić information content (AvgIpc) is 2.34. The normalized spacial score (nSPS) is 11.8. The SMILES string of the molecule is COc1ccc(C(Cl)CNC(C)=O)cc1OC. The Labute approximate surface area is 106 Å². The van der Waals surface area contributed by atoms with Crippen LogP contribution in [-0.2, 0) is 4.79 Å². The maximum atomic E-state index is 10.8. The molecule has 1 atom stereocenters. The summed E-state index contributed by atoms with van der Waals surface area (Å²) < 4.78 is 10.3. The molecule has 0 aliphatic heterocycles. The minimum absolute atomic E-state index is 0.101. The van der Waals surface area contributed by atoms with Crippen LogP contribution in [0.2, 0.25) is 0 Å². The number of carbonyl (C=O) groups is 1. The van der Waals surface area contributed by atoms with Gasteiger partial charge in [-0.05, 0) is 17.7 Å². The van der Waals surface area contributed by atoms with E-state index in [1.165, 1.54) is 6.92 Å². The van der Waals surface area contributed by atoms with E-state index in [-0.39, 0.29) is 11.3 Å². The van der Waals surface area contributed by atoms with E-state index >= 15 is 0 Å². The third-order valence-corrected chi connectivity index (χ3v) is 2.71. The maximum absolute atomic E-state index is 10.8. The van der Waals surface area contributed by atoms with Crippen molar-refractivity contribution in [3.05, 3.63) is 23.8 Å². The van der Waals surface area contributed by atoms with Crippen LogP contribution in [0.1, 0.15) is 17.9 Å². The van der Waals surface area contributed by atoms with E-state index in [2.05, 4.69) is 5.32 Å². The number of hydrogen-bond acceptors (Lipinski definition) is 3. The number of rotatable bonds is 5. The third-order valence-electron chi connectivity index (χ3n) is 2.30. The molecule has 0 saturated carbocycles. The van der Waals surface area contributed by atoms with Crippen LogP contribution in [0.25, 0.3) is 0 Å². The molecule has 94 valence electrons. The maximum Gasteiger partial charge on any atom is 0.216 e. The lowest BCUT2D eigenvalue weighted by atomic mass is 10.1. The van der Waals surface area contributed by atoms with Gasteiger partial charge in [0.05, 0.1) is 19.6 Å². The molecule has 0 bridgehead atoms. The monoisotopic (exact) mass is 257 g/mol. The number of methoxy groups -OCH3 is 2. The zero-order chi connectivity index (χ0) is 12.8. The van der Waals surface area contributed by atoms with Crippen molar-refractivity contribution < 1.29 is 14.3 Å². The number of amides is 1. The van der Waals surface area contributed by atoms with Crippen LogP contribution in [0.4, 0.5) is 0 Å². The summed E-state index contributed by atoms with van der Waals surface area (Å²) in [4.78, 5) is 10.8. The van der Waals surface area contributed by atoms with Gasteiger partial charge in [0.25, 0.3) is 0 Å². The molecule has 0 aromatic heterocycles. The molecule has 4 nitrogen and oxygen atoms in total. The fourth-order valence-corrected chi connectivity index (χ4v) is 1.61. The van der Waals surface area contributed by atoms with Crippen molar-refractivity contribution in [3.8, 4) is 11.5 Å². The minimum atomic E-state index is -0.293. The summed E-state index contributed by atoms with van der Waals surface area (Å²) >= 11 is 6.16. The van der Waals surface area contributed by atoms with E-state index in [1.807, 2.05) is 6.07 Å². The number of carbonyl (C=O) groups excluding carboxylic acids is 1. The molecule has 1 unspecified atom stereocenters. The molecule has 0 radical (unpaired) electrons. The Hall–Kier alpha value is -1.42. The Morgan fingerprint density at radius 1 is 1.35 bits per heavy atom. The van der Waals surface area contributed by atoms with Gasteiger partial charge in [-0.2, -0.15) is 0 Å². The molecule has 1 rings (SSSR count). The van der Waals surface area contributed by atoms with Gasteiger partial charge >= 0.3 is 0 Å². The number of benzene rings is 1. The quantitative estimate of drug-likeness (QED) is 0.822. The van der Waals surface area contributed by atoms with E-state index in [0.29, 0.717) is 18.0 Å². The molecule has 17 heavy (non-hydrogen) atoms. The van der Waals surface area contributed by atoms with Crippen LogP contribution >= 0.6 is 11.6 Å². The second-order valence-corrected chi connectivity index (χ2v) is 4.05. The van der Waals surface area contributed by atoms with Gasteiger partial charge in [0, 0.05) is 13.5 Å². The van der Waals surface area contributed by atoms with E-state index in [4.69, 9.17) is 21.1 Å². The fraction of sp³-hybridized carbons (Fsp3) is 0.417. The topological polar surface area (TPSA) is 47.6 Å². The lowest BCUT2D eigenvalue weighted by Gasteiger charge is -2.13. The van der Waals surface area contributed by atoms with Crippen LogP contribution in [-0.4, -0.2) is 26.7 Å². The van der Waals surface area contributed by atoms with Gasteiger partial charge in [-0.1, -0.05) is 6.07 Å². The lowest BCUT2D eigenvalue weighted by Crippen LogP contribution is -2.23. The lowest BCUT2D eigenvalue weighted by molar-refractivity contribution is -0.118. The predicted molar refractivity (Wildman–Crippen MR) is 66.8 cm³/mol. The first-order valence-corrected chi connectivity index (χ1v) is 5.62. The molecule has 0 aliphatic rings. The Morgan fingerprint density at radius 3 is 2.53 bits per heavy atom. The third kappa shape index (κ3) is 3.82. The Morgan fingerprint density at radius 2 is 2.00 bits per heavy atom. The number of nitrogens with one attached hydrogen (secondary N) is 1. The Kier molecular flexibility index (Phi) is 5.10. The second-order valence-electron chi connectivity index (χ2n) is 3.52. The van der Waals surface area contributed by atoms with Gasteiger partial charge in [0.2, 0.25) is 5.91 Å². The summed E-state index contributed by atoms with van der Waals surface area (Å²) in [5.41, 5.74) is 0.873. The first-order chi connectivity index (χ1) is 8.08. The molecule has 5 heteroatoms. The highest BCUT2D eigenvalue weighted by molar-refractivity contribution is 6.21. The standard InChI is InChI=1S/C12H16ClNO3/c1-8(15)14-7-10(13)9-4-5-11(16-2)12(6-9)17-3/h4-6,10H,7H2,1-3H3,(H,14,15). The molecular formula is C12H16ClNO3. The van der Waals surface area contributed by atoms with Crippen LogP contribution in [0.5, 0.6) is 11.5 Å². The van der Waals surface area contributed by atoms with E-state index in [1.54, 1.807) is 26.4 Å². The first kappa shape index (κ1) is 13.6. The highest BCUT2D eigenvalue weighted by atomic mass is 35.5. The van der Waals surface area contributed by atoms with Crippen LogP contribution in [0, 0.1) is 0 Å². The molecule has 0 saturated heterocycles. The van der Waals surface area contributed by atoms with Gasteiger partial charge in [0.1, 0.15) is 0 Å². The van der Waals surface area contributed by atoms with Crippen molar-refractivity contribution in [1.29, 1.82) is 0 Å². The van der Waals surface area contributed by atoms with Crippen molar-refractivity contribution in [1.82, 2.24) is 5.32 Å². The fourth-order valence-electron chi connectivity index (χ4n) is 1.40. The van der Waals surface area contributed by atoms with Crippen molar-refractivity contribution in [3.63, 3.8) is 0 Å². The summed E-state index contributed by atoms with van der Waals surface area (Å²) in [5, 5.41) is 2.37. The number of halogens is 1. The van der Waals surface area contributed by atoms with E-state index in [0.717, 1.165) is 5.56 Å². The van der Waals surface area contributed by atoms with Crippen molar-refractivity contribution >= 4 is 17.5 Å².